The third-order valence-corrected chi connectivity index (χ3v) is 3.29. The second-order valence-corrected chi connectivity index (χ2v) is 4.46. The van der Waals surface area contributed by atoms with Crippen LogP contribution in [-0.4, -0.2) is 32.9 Å². The van der Waals surface area contributed by atoms with Crippen molar-refractivity contribution in [1.82, 2.24) is 9.97 Å². The van der Waals surface area contributed by atoms with Crippen LogP contribution in [0.1, 0.15) is 18.0 Å². The van der Waals surface area contributed by atoms with Gasteiger partial charge in [0.1, 0.15) is 5.82 Å². The van der Waals surface area contributed by atoms with Crippen LogP contribution >= 0.6 is 0 Å². The SMILES string of the molecule is Nc1cc([C@@H]2C[C@H](CO)[C@@H](O)C2=C(F)F)[nH]c(=O)n1. The molecule has 0 spiro atoms. The molecule has 0 amide bonds. The number of halogens is 2. The molecule has 104 valence electrons. The first kappa shape index (κ1) is 13.6. The van der Waals surface area contributed by atoms with Crippen molar-refractivity contribution in [2.75, 3.05) is 12.3 Å². The Hall–Kier alpha value is -1.80. The summed E-state index contributed by atoms with van der Waals surface area (Å²) in [6, 6.07) is 1.28. The number of hydrogen-bond donors (Lipinski definition) is 4. The smallest absolute Gasteiger partial charge is 0.347 e. The number of nitrogen functional groups attached to an aromatic ring is 1. The highest BCUT2D eigenvalue weighted by Crippen LogP contribution is 2.44. The van der Waals surface area contributed by atoms with Gasteiger partial charge in [-0.2, -0.15) is 13.8 Å². The minimum absolute atomic E-state index is 0.0840. The lowest BCUT2D eigenvalue weighted by molar-refractivity contribution is 0.108. The Morgan fingerprint density at radius 1 is 1.58 bits per heavy atom. The molecule has 1 aliphatic rings. The molecule has 0 aromatic carbocycles. The fourth-order valence-corrected chi connectivity index (χ4v) is 2.42. The van der Waals surface area contributed by atoms with Crippen molar-refractivity contribution < 1.29 is 19.0 Å². The molecular weight excluding hydrogens is 260 g/mol. The predicted molar refractivity (Wildman–Crippen MR) is 62.5 cm³/mol. The third-order valence-electron chi connectivity index (χ3n) is 3.29. The molecule has 1 aromatic rings. The summed E-state index contributed by atoms with van der Waals surface area (Å²) in [6.45, 7) is -0.417. The van der Waals surface area contributed by atoms with Crippen molar-refractivity contribution >= 4 is 5.82 Å². The highest BCUT2D eigenvalue weighted by atomic mass is 19.3. The van der Waals surface area contributed by atoms with Crippen LogP contribution < -0.4 is 11.4 Å². The number of rotatable bonds is 2. The zero-order valence-corrected chi connectivity index (χ0v) is 9.81. The van der Waals surface area contributed by atoms with E-state index in [1.54, 1.807) is 0 Å². The molecule has 0 radical (unpaired) electrons. The number of aliphatic hydroxyl groups excluding tert-OH is 2. The highest BCUT2D eigenvalue weighted by Gasteiger charge is 2.41. The lowest BCUT2D eigenvalue weighted by Crippen LogP contribution is -2.19. The van der Waals surface area contributed by atoms with Crippen molar-refractivity contribution in [2.24, 2.45) is 5.92 Å². The minimum Gasteiger partial charge on any atom is -0.396 e. The molecule has 0 aliphatic heterocycles. The van der Waals surface area contributed by atoms with E-state index in [9.17, 15) is 18.7 Å². The zero-order valence-electron chi connectivity index (χ0n) is 9.81. The van der Waals surface area contributed by atoms with Crippen LogP contribution in [0.25, 0.3) is 0 Å². The van der Waals surface area contributed by atoms with Gasteiger partial charge in [-0.1, -0.05) is 0 Å². The van der Waals surface area contributed by atoms with Gasteiger partial charge in [0.05, 0.1) is 6.10 Å². The van der Waals surface area contributed by atoms with Gasteiger partial charge < -0.3 is 20.9 Å². The summed E-state index contributed by atoms with van der Waals surface area (Å²) in [7, 11) is 0. The normalized spacial score (nSPS) is 26.7. The summed E-state index contributed by atoms with van der Waals surface area (Å²) in [6.07, 6.45) is -3.34. The molecule has 1 aromatic heterocycles. The van der Waals surface area contributed by atoms with E-state index in [2.05, 4.69) is 9.97 Å². The monoisotopic (exact) mass is 273 g/mol. The number of aromatic amines is 1. The van der Waals surface area contributed by atoms with Crippen LogP contribution in [0.15, 0.2) is 22.5 Å². The summed E-state index contributed by atoms with van der Waals surface area (Å²) >= 11 is 0. The average molecular weight is 273 g/mol. The lowest BCUT2D eigenvalue weighted by atomic mass is 9.98. The van der Waals surface area contributed by atoms with Crippen molar-refractivity contribution in [1.29, 1.82) is 0 Å². The van der Waals surface area contributed by atoms with Gasteiger partial charge in [-0.25, -0.2) is 4.79 Å². The molecule has 0 unspecified atom stereocenters. The Morgan fingerprint density at radius 2 is 2.26 bits per heavy atom. The second kappa shape index (κ2) is 5.06. The van der Waals surface area contributed by atoms with Crippen LogP contribution in [0.3, 0.4) is 0 Å². The number of nitrogens with zero attached hydrogens (tertiary/aromatic N) is 1. The highest BCUT2D eigenvalue weighted by molar-refractivity contribution is 5.37. The number of aliphatic hydroxyl groups is 2. The fraction of sp³-hybridized carbons (Fsp3) is 0.455. The van der Waals surface area contributed by atoms with Gasteiger partial charge >= 0.3 is 5.69 Å². The first-order valence-corrected chi connectivity index (χ1v) is 5.64. The van der Waals surface area contributed by atoms with Gasteiger partial charge in [-0.15, -0.1) is 0 Å². The van der Waals surface area contributed by atoms with Gasteiger partial charge in [0, 0.05) is 35.8 Å². The summed E-state index contributed by atoms with van der Waals surface area (Å²) < 4.78 is 25.9. The number of nitrogens with one attached hydrogen (secondary N) is 1. The third kappa shape index (κ3) is 2.49. The maximum absolute atomic E-state index is 12.9. The van der Waals surface area contributed by atoms with E-state index < -0.39 is 41.9 Å². The van der Waals surface area contributed by atoms with Crippen LogP contribution in [-0.2, 0) is 0 Å². The molecule has 3 atom stereocenters. The quantitative estimate of drug-likeness (QED) is 0.604. The fourth-order valence-electron chi connectivity index (χ4n) is 2.42. The van der Waals surface area contributed by atoms with E-state index in [0.717, 1.165) is 0 Å². The summed E-state index contributed by atoms with van der Waals surface area (Å²) in [5.74, 6) is -1.66. The molecule has 2 rings (SSSR count). The van der Waals surface area contributed by atoms with E-state index in [0.29, 0.717) is 0 Å². The average Bonchev–Trinajstić information content (AvgIpc) is 2.65. The number of H-pyrrole nitrogens is 1. The molecule has 8 heteroatoms. The van der Waals surface area contributed by atoms with Crippen LogP contribution in [0.5, 0.6) is 0 Å². The van der Waals surface area contributed by atoms with Gasteiger partial charge in [0.25, 0.3) is 6.08 Å². The minimum atomic E-state index is -2.01. The topological polar surface area (TPSA) is 112 Å². The van der Waals surface area contributed by atoms with Crippen LogP contribution in [0.2, 0.25) is 0 Å². The predicted octanol–water partition coefficient (Wildman–Crippen LogP) is -0.0406. The Bertz CT molecular complexity index is 569. The van der Waals surface area contributed by atoms with Gasteiger partial charge in [-0.3, -0.25) is 0 Å². The van der Waals surface area contributed by atoms with E-state index in [-0.39, 0.29) is 17.9 Å². The van der Waals surface area contributed by atoms with Gasteiger partial charge in [0.2, 0.25) is 0 Å². The Labute approximate surface area is 106 Å². The standard InChI is InChI=1S/C11H13F2N3O3/c12-10(13)8-5(1-4(3-17)9(8)18)6-2-7(14)16-11(19)15-6/h2,4-5,9,17-18H,1,3H2,(H3,14,15,16,19)/t4-,5+,9-/m1/s1. The van der Waals surface area contributed by atoms with Crippen LogP contribution in [0.4, 0.5) is 14.6 Å². The maximum Gasteiger partial charge on any atom is 0.347 e. The van der Waals surface area contributed by atoms with Gasteiger partial charge in [0.15, 0.2) is 0 Å². The van der Waals surface area contributed by atoms with E-state index in [4.69, 9.17) is 10.8 Å². The number of nitrogens with two attached hydrogens (primary N) is 1. The maximum atomic E-state index is 12.9. The van der Waals surface area contributed by atoms with Crippen molar-refractivity contribution in [3.05, 3.63) is 33.9 Å². The second-order valence-electron chi connectivity index (χ2n) is 4.46. The van der Waals surface area contributed by atoms with Crippen molar-refractivity contribution in [2.45, 2.75) is 18.4 Å². The molecular formula is C11H13F2N3O3. The van der Waals surface area contributed by atoms with Gasteiger partial charge in [-0.05, 0) is 6.42 Å². The summed E-state index contributed by atoms with van der Waals surface area (Å²) in [5.41, 5.74) is 4.34. The van der Waals surface area contributed by atoms with Crippen LogP contribution in [0, 0.1) is 5.92 Å². The first-order valence-electron chi connectivity index (χ1n) is 5.64. The Balaban J connectivity index is 2.48. The molecule has 1 fully saturated rings. The lowest BCUT2D eigenvalue weighted by Gasteiger charge is -2.12. The zero-order chi connectivity index (χ0) is 14.2. The van der Waals surface area contributed by atoms with Crippen molar-refractivity contribution in [3.8, 4) is 0 Å². The van der Waals surface area contributed by atoms with E-state index >= 15 is 0 Å². The molecule has 19 heavy (non-hydrogen) atoms. The molecule has 0 bridgehead atoms. The molecule has 0 saturated heterocycles. The Kier molecular flexibility index (Phi) is 3.63. The molecule has 1 aliphatic carbocycles. The summed E-state index contributed by atoms with van der Waals surface area (Å²) in [5, 5.41) is 18.8. The largest absolute Gasteiger partial charge is 0.396 e. The number of anilines is 1. The number of hydrogen-bond acceptors (Lipinski definition) is 5. The molecule has 5 N–H and O–H groups in total. The molecule has 1 heterocycles. The molecule has 6 nitrogen and oxygen atoms in total. The first-order chi connectivity index (χ1) is 8.93. The Morgan fingerprint density at radius 3 is 2.79 bits per heavy atom. The van der Waals surface area contributed by atoms with E-state index in [1.807, 2.05) is 0 Å². The number of aromatic nitrogens is 2. The van der Waals surface area contributed by atoms with Crippen molar-refractivity contribution in [3.63, 3.8) is 0 Å². The molecule has 1 saturated carbocycles. The summed E-state index contributed by atoms with van der Waals surface area (Å²) in [4.78, 5) is 16.9. The van der Waals surface area contributed by atoms with E-state index in [1.165, 1.54) is 6.07 Å².